The summed E-state index contributed by atoms with van der Waals surface area (Å²) in [5, 5.41) is 9.74. The van der Waals surface area contributed by atoms with Crippen molar-refractivity contribution in [3.05, 3.63) is 5.82 Å². The van der Waals surface area contributed by atoms with Crippen molar-refractivity contribution >= 4 is 22.6 Å². The number of hydrogen-bond acceptors (Lipinski definition) is 6. The largest absolute Gasteiger partial charge is 0.479 e. The molecule has 0 spiro atoms. The Balaban J connectivity index is 1.71. The van der Waals surface area contributed by atoms with Crippen LogP contribution in [0.2, 0.25) is 0 Å². The van der Waals surface area contributed by atoms with Gasteiger partial charge >= 0.3 is 5.97 Å². The second-order valence-corrected chi connectivity index (χ2v) is 5.08. The molecule has 1 aliphatic carbocycles. The van der Waals surface area contributed by atoms with Crippen LogP contribution in [0.5, 0.6) is 0 Å². The van der Waals surface area contributed by atoms with Crippen molar-refractivity contribution in [2.45, 2.75) is 24.9 Å². The summed E-state index contributed by atoms with van der Waals surface area (Å²) in [5.41, 5.74) is 0. The zero-order valence-corrected chi connectivity index (χ0v) is 10.0. The third-order valence-electron chi connectivity index (χ3n) is 2.99. The fourth-order valence-electron chi connectivity index (χ4n) is 1.83. The highest BCUT2D eigenvalue weighted by molar-refractivity contribution is 7.09. The highest BCUT2D eigenvalue weighted by Gasteiger charge is 2.31. The molecule has 7 heteroatoms. The number of anilines is 1. The quantitative estimate of drug-likeness (QED) is 0.857. The third kappa shape index (κ3) is 2.25. The summed E-state index contributed by atoms with van der Waals surface area (Å²) in [6.07, 6.45) is 1.60. The van der Waals surface area contributed by atoms with Gasteiger partial charge < -0.3 is 14.7 Å². The first-order valence-electron chi connectivity index (χ1n) is 5.67. The smallest absolute Gasteiger partial charge is 0.334 e. The lowest BCUT2D eigenvalue weighted by Crippen LogP contribution is -2.46. The molecule has 1 saturated carbocycles. The number of hydrogen-bond donors (Lipinski definition) is 1. The number of morpholine rings is 1. The van der Waals surface area contributed by atoms with Crippen molar-refractivity contribution in [2.24, 2.45) is 0 Å². The highest BCUT2D eigenvalue weighted by Crippen LogP contribution is 2.39. The average molecular weight is 255 g/mol. The standard InChI is InChI=1S/C10H13N3O3S/c14-9(15)7-5-13(3-4-16-7)10-11-8(12-17-10)6-1-2-6/h6-7H,1-5H2,(H,14,15). The van der Waals surface area contributed by atoms with Gasteiger partial charge in [-0.3, -0.25) is 0 Å². The molecule has 1 saturated heterocycles. The monoisotopic (exact) mass is 255 g/mol. The average Bonchev–Trinajstić information content (AvgIpc) is 3.07. The summed E-state index contributed by atoms with van der Waals surface area (Å²) in [4.78, 5) is 17.3. The van der Waals surface area contributed by atoms with E-state index >= 15 is 0 Å². The second kappa shape index (κ2) is 4.23. The van der Waals surface area contributed by atoms with Crippen LogP contribution in [0, 0.1) is 0 Å². The summed E-state index contributed by atoms with van der Waals surface area (Å²) in [6.45, 7) is 1.47. The maximum atomic E-state index is 10.9. The lowest BCUT2D eigenvalue weighted by molar-refractivity contribution is -0.150. The first kappa shape index (κ1) is 10.9. The van der Waals surface area contributed by atoms with Gasteiger partial charge in [-0.2, -0.15) is 4.37 Å². The Morgan fingerprint density at radius 2 is 2.35 bits per heavy atom. The Labute approximate surface area is 102 Å². The minimum absolute atomic E-state index is 0.356. The van der Waals surface area contributed by atoms with Crippen LogP contribution in [0.15, 0.2) is 0 Å². The molecule has 1 atom stereocenters. The predicted molar refractivity (Wildman–Crippen MR) is 61.5 cm³/mol. The topological polar surface area (TPSA) is 75.5 Å². The summed E-state index contributed by atoms with van der Waals surface area (Å²) in [7, 11) is 0. The zero-order chi connectivity index (χ0) is 11.8. The van der Waals surface area contributed by atoms with E-state index in [1.54, 1.807) is 0 Å². The molecule has 1 aromatic heterocycles. The van der Waals surface area contributed by atoms with E-state index in [4.69, 9.17) is 9.84 Å². The van der Waals surface area contributed by atoms with E-state index in [0.29, 0.717) is 25.6 Å². The Morgan fingerprint density at radius 3 is 3.06 bits per heavy atom. The van der Waals surface area contributed by atoms with Gasteiger partial charge in [0.25, 0.3) is 0 Å². The molecule has 1 aromatic rings. The van der Waals surface area contributed by atoms with Gasteiger partial charge in [0.2, 0.25) is 5.13 Å². The molecule has 0 bridgehead atoms. The Morgan fingerprint density at radius 1 is 1.53 bits per heavy atom. The summed E-state index contributed by atoms with van der Waals surface area (Å²) >= 11 is 1.35. The van der Waals surface area contributed by atoms with Crippen molar-refractivity contribution < 1.29 is 14.6 Å². The zero-order valence-electron chi connectivity index (χ0n) is 9.20. The lowest BCUT2D eigenvalue weighted by Gasteiger charge is -2.30. The number of carboxylic acids is 1. The highest BCUT2D eigenvalue weighted by atomic mass is 32.1. The van der Waals surface area contributed by atoms with Crippen LogP contribution in [-0.4, -0.2) is 46.2 Å². The van der Waals surface area contributed by atoms with Gasteiger partial charge in [0.15, 0.2) is 6.10 Å². The molecule has 1 N–H and O–H groups in total. The van der Waals surface area contributed by atoms with Gasteiger partial charge in [0, 0.05) is 24.0 Å². The van der Waals surface area contributed by atoms with Crippen LogP contribution in [0.1, 0.15) is 24.6 Å². The van der Waals surface area contributed by atoms with Crippen molar-refractivity contribution in [3.63, 3.8) is 0 Å². The number of aromatic nitrogens is 2. The number of ether oxygens (including phenoxy) is 1. The first-order valence-corrected chi connectivity index (χ1v) is 6.44. The van der Waals surface area contributed by atoms with E-state index in [0.717, 1.165) is 11.0 Å². The molecule has 2 heterocycles. The number of rotatable bonds is 3. The molecule has 1 unspecified atom stereocenters. The number of carboxylic acid groups (broad SMARTS) is 1. The molecule has 3 rings (SSSR count). The molecule has 0 radical (unpaired) electrons. The maximum Gasteiger partial charge on any atom is 0.334 e. The summed E-state index contributed by atoms with van der Waals surface area (Å²) < 4.78 is 9.50. The Kier molecular flexibility index (Phi) is 2.71. The summed E-state index contributed by atoms with van der Waals surface area (Å²) in [6, 6.07) is 0. The SMILES string of the molecule is O=C(O)C1CN(c2nc(C3CC3)ns2)CCO1. The molecular formula is C10H13N3O3S. The second-order valence-electron chi connectivity index (χ2n) is 4.35. The Bertz CT molecular complexity index is 432. The molecule has 17 heavy (non-hydrogen) atoms. The van der Waals surface area contributed by atoms with Crippen molar-refractivity contribution in [1.29, 1.82) is 0 Å². The molecule has 1 aliphatic heterocycles. The normalized spacial score (nSPS) is 24.9. The third-order valence-corrected chi connectivity index (χ3v) is 3.78. The molecule has 92 valence electrons. The van der Waals surface area contributed by atoms with Crippen LogP contribution < -0.4 is 4.90 Å². The van der Waals surface area contributed by atoms with Gasteiger partial charge in [-0.15, -0.1) is 0 Å². The molecular weight excluding hydrogens is 242 g/mol. The molecule has 0 amide bonds. The first-order chi connectivity index (χ1) is 8.24. The van der Waals surface area contributed by atoms with Crippen LogP contribution in [0.4, 0.5) is 5.13 Å². The van der Waals surface area contributed by atoms with E-state index in [1.807, 2.05) is 4.90 Å². The van der Waals surface area contributed by atoms with Crippen LogP contribution in [0.3, 0.4) is 0 Å². The van der Waals surface area contributed by atoms with E-state index in [9.17, 15) is 4.79 Å². The predicted octanol–water partition coefficient (Wildman–Crippen LogP) is 0.705. The molecule has 2 aliphatic rings. The summed E-state index contributed by atoms with van der Waals surface area (Å²) in [5.74, 6) is 0.543. The van der Waals surface area contributed by atoms with E-state index < -0.39 is 12.1 Å². The number of nitrogens with zero attached hydrogens (tertiary/aromatic N) is 3. The van der Waals surface area contributed by atoms with Gasteiger partial charge in [-0.1, -0.05) is 0 Å². The van der Waals surface area contributed by atoms with Crippen LogP contribution in [-0.2, 0) is 9.53 Å². The van der Waals surface area contributed by atoms with Gasteiger partial charge in [-0.25, -0.2) is 9.78 Å². The fourth-order valence-corrected chi connectivity index (χ4v) is 2.62. The molecule has 2 fully saturated rings. The van der Waals surface area contributed by atoms with Gasteiger partial charge in [0.05, 0.1) is 13.2 Å². The van der Waals surface area contributed by atoms with E-state index in [-0.39, 0.29) is 0 Å². The lowest BCUT2D eigenvalue weighted by atomic mass is 10.3. The maximum absolute atomic E-state index is 10.9. The molecule has 6 nitrogen and oxygen atoms in total. The van der Waals surface area contributed by atoms with Crippen LogP contribution in [0.25, 0.3) is 0 Å². The minimum atomic E-state index is -0.915. The van der Waals surface area contributed by atoms with E-state index in [2.05, 4.69) is 9.36 Å². The number of aliphatic carboxylic acids is 1. The molecule has 0 aromatic carbocycles. The van der Waals surface area contributed by atoms with Gasteiger partial charge in [0.1, 0.15) is 5.82 Å². The van der Waals surface area contributed by atoms with Gasteiger partial charge in [-0.05, 0) is 12.8 Å². The van der Waals surface area contributed by atoms with Crippen molar-refractivity contribution in [2.75, 3.05) is 24.6 Å². The minimum Gasteiger partial charge on any atom is -0.479 e. The van der Waals surface area contributed by atoms with Crippen molar-refractivity contribution in [3.8, 4) is 0 Å². The fraction of sp³-hybridized carbons (Fsp3) is 0.700. The van der Waals surface area contributed by atoms with Crippen LogP contribution >= 0.6 is 11.5 Å². The number of carbonyl (C=O) groups is 1. The Hall–Kier alpha value is -1.21. The van der Waals surface area contributed by atoms with E-state index in [1.165, 1.54) is 24.4 Å². The van der Waals surface area contributed by atoms with Crippen molar-refractivity contribution in [1.82, 2.24) is 9.36 Å².